The highest BCUT2D eigenvalue weighted by Gasteiger charge is 2.32. The van der Waals surface area contributed by atoms with E-state index in [0.29, 0.717) is 19.1 Å². The van der Waals surface area contributed by atoms with Crippen molar-refractivity contribution in [3.05, 3.63) is 29.2 Å². The van der Waals surface area contributed by atoms with E-state index in [1.807, 2.05) is 48.1 Å². The summed E-state index contributed by atoms with van der Waals surface area (Å²) in [6, 6.07) is 2.45. The molecule has 33 heavy (non-hydrogen) atoms. The first-order chi connectivity index (χ1) is 15.9. The number of hydrogen-bond donors (Lipinski definition) is 0. The zero-order valence-corrected chi connectivity index (χ0v) is 21.1. The summed E-state index contributed by atoms with van der Waals surface area (Å²) >= 11 is 0. The van der Waals surface area contributed by atoms with Gasteiger partial charge in [-0.05, 0) is 25.8 Å². The first kappa shape index (κ1) is 24.8. The van der Waals surface area contributed by atoms with Crippen LogP contribution < -0.4 is 9.80 Å². The Balaban J connectivity index is 0.00000149. The molecular formula is C24H38N6O3. The van der Waals surface area contributed by atoms with E-state index in [0.717, 1.165) is 60.9 Å². The van der Waals surface area contributed by atoms with Crippen molar-refractivity contribution in [3.8, 4) is 0 Å². The van der Waals surface area contributed by atoms with Crippen LogP contribution in [0.2, 0.25) is 0 Å². The summed E-state index contributed by atoms with van der Waals surface area (Å²) < 4.78 is 12.7. The predicted molar refractivity (Wildman–Crippen MR) is 131 cm³/mol. The van der Waals surface area contributed by atoms with Crippen LogP contribution in [0.25, 0.3) is 0 Å². The van der Waals surface area contributed by atoms with Crippen molar-refractivity contribution in [2.24, 2.45) is 0 Å². The Kier molecular flexibility index (Phi) is 8.18. The van der Waals surface area contributed by atoms with Gasteiger partial charge < -0.3 is 24.2 Å². The molecule has 2 aliphatic heterocycles. The minimum Gasteiger partial charge on any atom is -0.453 e. The Hall–Kier alpha value is -2.81. The molecule has 1 amide bonds. The molecule has 9 heteroatoms. The maximum absolute atomic E-state index is 12.2. The number of anilines is 3. The number of carbonyl (C=O) groups is 1. The number of amides is 1. The molecule has 0 N–H and O–H groups in total. The second kappa shape index (κ2) is 10.9. The van der Waals surface area contributed by atoms with Gasteiger partial charge in [-0.3, -0.25) is 9.67 Å². The van der Waals surface area contributed by atoms with Gasteiger partial charge in [0.15, 0.2) is 5.82 Å². The van der Waals surface area contributed by atoms with E-state index in [1.54, 1.807) is 4.90 Å². The topological polar surface area (TPSA) is 76.0 Å². The van der Waals surface area contributed by atoms with Crippen LogP contribution in [0.15, 0.2) is 12.3 Å². The molecule has 0 aromatic carbocycles. The highest BCUT2D eigenvalue weighted by molar-refractivity contribution is 5.71. The van der Waals surface area contributed by atoms with E-state index >= 15 is 0 Å². The number of fused-ring (bicyclic) bond motifs is 1. The van der Waals surface area contributed by atoms with Crippen molar-refractivity contribution < 1.29 is 14.3 Å². The zero-order chi connectivity index (χ0) is 24.1. The van der Waals surface area contributed by atoms with Crippen LogP contribution in [-0.4, -0.2) is 73.8 Å². The normalized spacial score (nSPS) is 15.9. The third kappa shape index (κ3) is 5.08. The van der Waals surface area contributed by atoms with Crippen LogP contribution in [0.4, 0.5) is 22.0 Å². The lowest BCUT2D eigenvalue weighted by molar-refractivity contribution is 0.0649. The van der Waals surface area contributed by atoms with E-state index in [2.05, 4.69) is 25.5 Å². The summed E-state index contributed by atoms with van der Waals surface area (Å²) in [5.41, 5.74) is 5.30. The molecule has 2 aromatic heterocycles. The van der Waals surface area contributed by atoms with Crippen LogP contribution in [0.3, 0.4) is 0 Å². The molecule has 182 valence electrons. The van der Waals surface area contributed by atoms with Crippen LogP contribution >= 0.6 is 0 Å². The Morgan fingerprint density at radius 2 is 1.91 bits per heavy atom. The van der Waals surface area contributed by atoms with E-state index in [4.69, 9.17) is 14.6 Å². The largest absolute Gasteiger partial charge is 0.453 e. The summed E-state index contributed by atoms with van der Waals surface area (Å²) in [7, 11) is 7.48. The first-order valence-electron chi connectivity index (χ1n) is 11.8. The summed E-state index contributed by atoms with van der Waals surface area (Å²) in [4.78, 5) is 22.7. The average Bonchev–Trinajstić information content (AvgIpc) is 3.24. The maximum Gasteiger partial charge on any atom is 0.409 e. The molecular weight excluding hydrogens is 420 g/mol. The molecule has 1 saturated heterocycles. The van der Waals surface area contributed by atoms with E-state index in [9.17, 15) is 4.79 Å². The van der Waals surface area contributed by atoms with Gasteiger partial charge in [-0.25, -0.2) is 4.79 Å². The van der Waals surface area contributed by atoms with Crippen molar-refractivity contribution in [2.45, 2.75) is 52.6 Å². The molecule has 0 aliphatic carbocycles. The van der Waals surface area contributed by atoms with Gasteiger partial charge in [0.1, 0.15) is 0 Å². The zero-order valence-electron chi connectivity index (χ0n) is 21.1. The lowest BCUT2D eigenvalue weighted by atomic mass is 10.0. The van der Waals surface area contributed by atoms with Gasteiger partial charge in [-0.15, -0.1) is 0 Å². The number of pyridine rings is 1. The fraction of sp³-hybridized carbons (Fsp3) is 0.625. The van der Waals surface area contributed by atoms with Gasteiger partial charge in [0.2, 0.25) is 0 Å². The molecule has 2 aromatic rings. The third-order valence-corrected chi connectivity index (χ3v) is 6.27. The molecule has 4 heterocycles. The SMILES string of the molecule is CC.COC(=O)N1CCc2c(c(N(C)c3cnc(C)c(N(C)C)c3)nn2C2CCOCC2)C1. The van der Waals surface area contributed by atoms with Crippen molar-refractivity contribution in [1.29, 1.82) is 0 Å². The Morgan fingerprint density at radius 3 is 2.55 bits per heavy atom. The van der Waals surface area contributed by atoms with Crippen molar-refractivity contribution in [1.82, 2.24) is 19.7 Å². The fourth-order valence-electron chi connectivity index (χ4n) is 4.48. The molecule has 9 nitrogen and oxygen atoms in total. The Bertz CT molecular complexity index is 952. The number of hydrogen-bond acceptors (Lipinski definition) is 7. The lowest BCUT2D eigenvalue weighted by Crippen LogP contribution is -2.37. The molecule has 1 fully saturated rings. The van der Waals surface area contributed by atoms with Gasteiger partial charge >= 0.3 is 6.09 Å². The van der Waals surface area contributed by atoms with Crippen molar-refractivity contribution >= 4 is 23.3 Å². The number of nitrogens with zero attached hydrogens (tertiary/aromatic N) is 6. The first-order valence-corrected chi connectivity index (χ1v) is 11.8. The number of methoxy groups -OCH3 is 1. The van der Waals surface area contributed by atoms with E-state index < -0.39 is 0 Å². The minimum absolute atomic E-state index is 0.301. The number of rotatable bonds is 4. The molecule has 0 atom stereocenters. The second-order valence-corrected chi connectivity index (χ2v) is 8.43. The van der Waals surface area contributed by atoms with Gasteiger partial charge in [0, 0.05) is 58.6 Å². The van der Waals surface area contributed by atoms with Gasteiger partial charge in [-0.1, -0.05) is 13.8 Å². The minimum atomic E-state index is -0.301. The van der Waals surface area contributed by atoms with Crippen LogP contribution in [0, 0.1) is 6.92 Å². The molecule has 0 bridgehead atoms. The number of ether oxygens (including phenoxy) is 2. The fourth-order valence-corrected chi connectivity index (χ4v) is 4.48. The van der Waals surface area contributed by atoms with Gasteiger partial charge in [-0.2, -0.15) is 5.10 Å². The molecule has 0 radical (unpaired) electrons. The quantitative estimate of drug-likeness (QED) is 0.687. The molecule has 2 aliphatic rings. The van der Waals surface area contributed by atoms with Crippen LogP contribution in [0.1, 0.15) is 49.7 Å². The monoisotopic (exact) mass is 458 g/mol. The number of aryl methyl sites for hydroxylation is 1. The summed E-state index contributed by atoms with van der Waals surface area (Å²) in [5, 5.41) is 5.08. The molecule has 0 unspecified atom stereocenters. The Labute approximate surface area is 197 Å². The van der Waals surface area contributed by atoms with Crippen LogP contribution in [-0.2, 0) is 22.4 Å². The number of aromatic nitrogens is 3. The highest BCUT2D eigenvalue weighted by Crippen LogP contribution is 2.36. The third-order valence-electron chi connectivity index (χ3n) is 6.27. The Morgan fingerprint density at radius 1 is 1.21 bits per heavy atom. The smallest absolute Gasteiger partial charge is 0.409 e. The lowest BCUT2D eigenvalue weighted by Gasteiger charge is -2.29. The van der Waals surface area contributed by atoms with Gasteiger partial charge in [0.25, 0.3) is 0 Å². The highest BCUT2D eigenvalue weighted by atomic mass is 16.5. The predicted octanol–water partition coefficient (Wildman–Crippen LogP) is 3.92. The second-order valence-electron chi connectivity index (χ2n) is 8.43. The van der Waals surface area contributed by atoms with E-state index in [-0.39, 0.29) is 6.09 Å². The summed E-state index contributed by atoms with van der Waals surface area (Å²) in [6.45, 7) is 8.65. The number of carbonyl (C=O) groups excluding carboxylic acids is 1. The molecule has 4 rings (SSSR count). The average molecular weight is 459 g/mol. The standard InChI is InChI=1S/C22H32N6O3.C2H6/c1-15-20(25(2)3)12-17(13-23-15)26(4)21-18-14-27(22(29)30-5)9-6-19(18)28(24-21)16-7-10-31-11-8-16;1-2/h12-13,16H,6-11,14H2,1-5H3;1-2H3. The van der Waals surface area contributed by atoms with Gasteiger partial charge in [0.05, 0.1) is 43.0 Å². The van der Waals surface area contributed by atoms with Crippen molar-refractivity contribution in [3.63, 3.8) is 0 Å². The molecule has 0 saturated carbocycles. The summed E-state index contributed by atoms with van der Waals surface area (Å²) in [6.07, 6.45) is 4.25. The van der Waals surface area contributed by atoms with Crippen molar-refractivity contribution in [2.75, 3.05) is 57.8 Å². The maximum atomic E-state index is 12.2. The summed E-state index contributed by atoms with van der Waals surface area (Å²) in [5.74, 6) is 0.866. The molecule has 0 spiro atoms. The van der Waals surface area contributed by atoms with Crippen LogP contribution in [0.5, 0.6) is 0 Å². The van der Waals surface area contributed by atoms with E-state index in [1.165, 1.54) is 12.8 Å².